The third-order valence-corrected chi connectivity index (χ3v) is 1.80. The number of carbonyl (C=O) groups is 1. The Bertz CT molecular complexity index is 356. The highest BCUT2D eigenvalue weighted by molar-refractivity contribution is 6.01. The van der Waals surface area contributed by atoms with Crippen LogP contribution in [0.3, 0.4) is 0 Å². The number of pyridine rings is 1. The average molecular weight is 176 g/mol. The van der Waals surface area contributed by atoms with Crippen molar-refractivity contribution in [3.05, 3.63) is 29.1 Å². The predicted molar refractivity (Wildman–Crippen MR) is 52.5 cm³/mol. The summed E-state index contributed by atoms with van der Waals surface area (Å²) in [6.07, 6.45) is 3.30. The molecule has 0 saturated carbocycles. The molecule has 13 heavy (non-hydrogen) atoms. The molecule has 0 aliphatic rings. The Morgan fingerprint density at radius 3 is 2.85 bits per heavy atom. The van der Waals surface area contributed by atoms with Crippen molar-refractivity contribution in [2.45, 2.75) is 13.8 Å². The molecule has 0 amide bonds. The van der Waals surface area contributed by atoms with Gasteiger partial charge in [0.1, 0.15) is 5.69 Å². The zero-order valence-electron chi connectivity index (χ0n) is 8.03. The summed E-state index contributed by atoms with van der Waals surface area (Å²) in [5, 5.41) is 0. The maximum absolute atomic E-state index is 11.2. The fraction of sp³-hybridized carbons (Fsp3) is 0.300. The third-order valence-electron chi connectivity index (χ3n) is 1.80. The lowest BCUT2D eigenvalue weighted by Gasteiger charge is -2.03. The van der Waals surface area contributed by atoms with Crippen molar-refractivity contribution in [1.29, 1.82) is 0 Å². The van der Waals surface area contributed by atoms with Crippen LogP contribution in [0.2, 0.25) is 0 Å². The normalized spacial score (nSPS) is 10.7. The number of aliphatic imine (C=N–C) groups is 1. The summed E-state index contributed by atoms with van der Waals surface area (Å²) < 4.78 is 0. The molecule has 1 rings (SSSR count). The molecular weight excluding hydrogens is 164 g/mol. The topological polar surface area (TPSA) is 42.3 Å². The van der Waals surface area contributed by atoms with Crippen LogP contribution >= 0.6 is 0 Å². The summed E-state index contributed by atoms with van der Waals surface area (Å²) in [7, 11) is 1.68. The number of aromatic nitrogens is 1. The molecule has 0 bridgehead atoms. The van der Waals surface area contributed by atoms with Gasteiger partial charge in [0.25, 0.3) is 0 Å². The Morgan fingerprint density at radius 1 is 1.62 bits per heavy atom. The largest absolute Gasteiger partial charge is 0.296 e. The van der Waals surface area contributed by atoms with Crippen molar-refractivity contribution in [1.82, 2.24) is 4.98 Å². The van der Waals surface area contributed by atoms with E-state index in [0.717, 1.165) is 11.1 Å². The first-order valence-electron chi connectivity index (χ1n) is 4.05. The Labute approximate surface area is 77.5 Å². The monoisotopic (exact) mass is 176 g/mol. The molecule has 0 spiro atoms. The molecule has 1 aromatic rings. The van der Waals surface area contributed by atoms with E-state index in [1.807, 2.05) is 13.0 Å². The van der Waals surface area contributed by atoms with E-state index in [1.54, 1.807) is 19.5 Å². The molecule has 3 heteroatoms. The maximum Gasteiger partial charge on any atom is 0.178 e. The van der Waals surface area contributed by atoms with Gasteiger partial charge < -0.3 is 0 Å². The van der Waals surface area contributed by atoms with Crippen molar-refractivity contribution in [2.75, 3.05) is 7.05 Å². The van der Waals surface area contributed by atoms with Crippen LogP contribution in [0, 0.1) is 6.92 Å². The van der Waals surface area contributed by atoms with Crippen molar-refractivity contribution in [3.63, 3.8) is 0 Å². The zero-order chi connectivity index (χ0) is 9.84. The highest BCUT2D eigenvalue weighted by Gasteiger charge is 2.08. The van der Waals surface area contributed by atoms with Gasteiger partial charge in [0.2, 0.25) is 0 Å². The van der Waals surface area contributed by atoms with Crippen LogP contribution in [-0.2, 0) is 0 Å². The molecule has 0 radical (unpaired) electrons. The SMILES string of the molecule is CN=Cc1c(C)ccnc1C(C)=O. The van der Waals surface area contributed by atoms with E-state index in [9.17, 15) is 4.79 Å². The lowest BCUT2D eigenvalue weighted by Crippen LogP contribution is -2.04. The highest BCUT2D eigenvalue weighted by Crippen LogP contribution is 2.09. The Kier molecular flexibility index (Phi) is 2.90. The molecule has 68 valence electrons. The molecule has 0 N–H and O–H groups in total. The second-order valence-corrected chi connectivity index (χ2v) is 2.83. The van der Waals surface area contributed by atoms with Gasteiger partial charge in [-0.2, -0.15) is 0 Å². The molecule has 0 unspecified atom stereocenters. The summed E-state index contributed by atoms with van der Waals surface area (Å²) in [5.41, 5.74) is 2.33. The summed E-state index contributed by atoms with van der Waals surface area (Å²) in [6, 6.07) is 1.86. The lowest BCUT2D eigenvalue weighted by atomic mass is 10.1. The number of hydrogen-bond acceptors (Lipinski definition) is 3. The van der Waals surface area contributed by atoms with E-state index in [-0.39, 0.29) is 5.78 Å². The lowest BCUT2D eigenvalue weighted by molar-refractivity contribution is 0.101. The van der Waals surface area contributed by atoms with Crippen LogP contribution in [0.5, 0.6) is 0 Å². The number of hydrogen-bond donors (Lipinski definition) is 0. The van der Waals surface area contributed by atoms with E-state index in [0.29, 0.717) is 5.69 Å². The van der Waals surface area contributed by atoms with Gasteiger partial charge in [-0.05, 0) is 18.6 Å². The van der Waals surface area contributed by atoms with Crippen molar-refractivity contribution in [3.8, 4) is 0 Å². The molecule has 0 atom stereocenters. The van der Waals surface area contributed by atoms with Crippen LogP contribution in [0.4, 0.5) is 0 Å². The fourth-order valence-electron chi connectivity index (χ4n) is 1.14. The zero-order valence-corrected chi connectivity index (χ0v) is 8.03. The van der Waals surface area contributed by atoms with Gasteiger partial charge in [-0.15, -0.1) is 0 Å². The second kappa shape index (κ2) is 3.94. The van der Waals surface area contributed by atoms with Crippen molar-refractivity contribution in [2.24, 2.45) is 4.99 Å². The Morgan fingerprint density at radius 2 is 2.31 bits per heavy atom. The number of rotatable bonds is 2. The van der Waals surface area contributed by atoms with E-state index in [1.165, 1.54) is 6.92 Å². The van der Waals surface area contributed by atoms with Gasteiger partial charge in [0, 0.05) is 31.9 Å². The molecule has 0 aromatic carbocycles. The van der Waals surface area contributed by atoms with Crippen molar-refractivity contribution >= 4 is 12.0 Å². The number of nitrogens with zero attached hydrogens (tertiary/aromatic N) is 2. The number of carbonyl (C=O) groups excluding carboxylic acids is 1. The average Bonchev–Trinajstić information content (AvgIpc) is 2.08. The molecule has 0 saturated heterocycles. The Hall–Kier alpha value is -1.51. The van der Waals surface area contributed by atoms with Crippen LogP contribution < -0.4 is 0 Å². The standard InChI is InChI=1S/C10H12N2O/c1-7-4-5-12-10(8(2)13)9(7)6-11-3/h4-6H,1-3H3. The minimum absolute atomic E-state index is 0.0291. The van der Waals surface area contributed by atoms with Crippen molar-refractivity contribution < 1.29 is 4.79 Å². The first-order valence-corrected chi connectivity index (χ1v) is 4.05. The van der Waals surface area contributed by atoms with Crippen LogP contribution in [-0.4, -0.2) is 24.0 Å². The van der Waals surface area contributed by atoms with E-state index in [2.05, 4.69) is 9.98 Å². The molecule has 0 aliphatic carbocycles. The number of Topliss-reactive ketones (excluding diaryl/α,β-unsaturated/α-hetero) is 1. The van der Waals surface area contributed by atoms with Gasteiger partial charge >= 0.3 is 0 Å². The van der Waals surface area contributed by atoms with Gasteiger partial charge in [-0.1, -0.05) is 0 Å². The minimum Gasteiger partial charge on any atom is -0.296 e. The molecule has 3 nitrogen and oxygen atoms in total. The van der Waals surface area contributed by atoms with Crippen LogP contribution in [0.25, 0.3) is 0 Å². The van der Waals surface area contributed by atoms with Gasteiger partial charge in [0.15, 0.2) is 5.78 Å². The summed E-state index contributed by atoms with van der Waals surface area (Å²) >= 11 is 0. The molecule has 1 aromatic heterocycles. The van der Waals surface area contributed by atoms with Gasteiger partial charge in [-0.3, -0.25) is 14.8 Å². The highest BCUT2D eigenvalue weighted by atomic mass is 16.1. The number of aryl methyl sites for hydroxylation is 1. The molecular formula is C10H12N2O. The first-order chi connectivity index (χ1) is 6.16. The van der Waals surface area contributed by atoms with Crippen LogP contribution in [0.15, 0.2) is 17.3 Å². The van der Waals surface area contributed by atoms with E-state index >= 15 is 0 Å². The number of ketones is 1. The predicted octanol–water partition coefficient (Wildman–Crippen LogP) is 1.64. The molecule has 0 fully saturated rings. The van der Waals surface area contributed by atoms with Gasteiger partial charge in [0.05, 0.1) is 0 Å². The first kappa shape index (κ1) is 9.58. The second-order valence-electron chi connectivity index (χ2n) is 2.83. The molecule has 1 heterocycles. The van der Waals surface area contributed by atoms with Gasteiger partial charge in [-0.25, -0.2) is 0 Å². The summed E-state index contributed by atoms with van der Waals surface area (Å²) in [6.45, 7) is 3.44. The quantitative estimate of drug-likeness (QED) is 0.507. The fourth-order valence-corrected chi connectivity index (χ4v) is 1.14. The minimum atomic E-state index is -0.0291. The van der Waals surface area contributed by atoms with Crippen LogP contribution in [0.1, 0.15) is 28.5 Å². The maximum atomic E-state index is 11.2. The smallest absolute Gasteiger partial charge is 0.178 e. The van der Waals surface area contributed by atoms with E-state index in [4.69, 9.17) is 0 Å². The Balaban J connectivity index is 3.33. The summed E-state index contributed by atoms with van der Waals surface area (Å²) in [4.78, 5) is 19.1. The summed E-state index contributed by atoms with van der Waals surface area (Å²) in [5.74, 6) is -0.0291. The third kappa shape index (κ3) is 1.99. The van der Waals surface area contributed by atoms with E-state index < -0.39 is 0 Å². The molecule has 0 aliphatic heterocycles.